The molecule has 0 aromatic heterocycles. The lowest BCUT2D eigenvalue weighted by atomic mass is 10.2. The molecule has 0 saturated heterocycles. The summed E-state index contributed by atoms with van der Waals surface area (Å²) in [6.07, 6.45) is 2.08. The van der Waals surface area contributed by atoms with Crippen molar-refractivity contribution in [3.05, 3.63) is 53.1 Å². The number of hydrogen-bond acceptors (Lipinski definition) is 3. The fraction of sp³-hybridized carbons (Fsp3) is 0.278. The van der Waals surface area contributed by atoms with Gasteiger partial charge in [0.2, 0.25) is 0 Å². The maximum atomic E-state index is 12.6. The van der Waals surface area contributed by atoms with Crippen LogP contribution in [0.4, 0.5) is 11.4 Å². The highest BCUT2D eigenvalue weighted by Gasteiger charge is 2.16. The first kappa shape index (κ1) is 20.5. The first-order valence-corrected chi connectivity index (χ1v) is 10.5. The van der Waals surface area contributed by atoms with Gasteiger partial charge in [0.15, 0.2) is 5.11 Å². The molecular weight excluding hydrogens is 390 g/mol. The van der Waals surface area contributed by atoms with Crippen LogP contribution >= 0.6 is 23.8 Å². The summed E-state index contributed by atoms with van der Waals surface area (Å²) >= 11 is 11.2. The third-order valence-corrected chi connectivity index (χ3v) is 5.52. The molecule has 26 heavy (non-hydrogen) atoms. The molecule has 0 saturated carbocycles. The van der Waals surface area contributed by atoms with Gasteiger partial charge in [-0.25, -0.2) is 8.42 Å². The number of halogens is 1. The number of anilines is 2. The molecule has 0 heterocycles. The Morgan fingerprint density at radius 1 is 1.19 bits per heavy atom. The van der Waals surface area contributed by atoms with E-state index in [0.29, 0.717) is 21.5 Å². The molecular formula is C18H22ClN3O2S2. The lowest BCUT2D eigenvalue weighted by Gasteiger charge is -2.14. The summed E-state index contributed by atoms with van der Waals surface area (Å²) < 4.78 is 27.8. The highest BCUT2D eigenvalue weighted by molar-refractivity contribution is 7.92. The van der Waals surface area contributed by atoms with Gasteiger partial charge in [-0.15, -0.1) is 0 Å². The zero-order valence-corrected chi connectivity index (χ0v) is 17.1. The third kappa shape index (κ3) is 5.86. The van der Waals surface area contributed by atoms with Crippen LogP contribution in [-0.2, 0) is 10.0 Å². The van der Waals surface area contributed by atoms with Crippen molar-refractivity contribution < 1.29 is 8.42 Å². The second-order valence-corrected chi connectivity index (χ2v) is 8.35. The van der Waals surface area contributed by atoms with Crippen molar-refractivity contribution >= 4 is 50.3 Å². The average molecular weight is 412 g/mol. The van der Waals surface area contributed by atoms with Crippen LogP contribution < -0.4 is 15.4 Å². The summed E-state index contributed by atoms with van der Waals surface area (Å²) in [5.74, 6) is 0. The number of aryl methyl sites for hydroxylation is 1. The van der Waals surface area contributed by atoms with Crippen LogP contribution in [0.1, 0.15) is 25.3 Å². The number of sulfonamides is 1. The number of rotatable bonds is 7. The zero-order chi connectivity index (χ0) is 19.2. The minimum absolute atomic E-state index is 0.141. The van der Waals surface area contributed by atoms with E-state index in [1.807, 2.05) is 6.92 Å². The fourth-order valence-corrected chi connectivity index (χ4v) is 3.69. The maximum absolute atomic E-state index is 12.6. The van der Waals surface area contributed by atoms with Gasteiger partial charge in [0, 0.05) is 17.3 Å². The van der Waals surface area contributed by atoms with Crippen LogP contribution in [0.3, 0.4) is 0 Å². The highest BCUT2D eigenvalue weighted by atomic mass is 35.5. The average Bonchev–Trinajstić information content (AvgIpc) is 2.56. The van der Waals surface area contributed by atoms with Crippen molar-refractivity contribution in [3.8, 4) is 0 Å². The van der Waals surface area contributed by atoms with Crippen LogP contribution in [0.2, 0.25) is 5.02 Å². The van der Waals surface area contributed by atoms with E-state index in [2.05, 4.69) is 22.3 Å². The Balaban J connectivity index is 2.18. The van der Waals surface area contributed by atoms with Crippen LogP contribution in [0.25, 0.3) is 0 Å². The molecule has 0 atom stereocenters. The van der Waals surface area contributed by atoms with Gasteiger partial charge in [0.25, 0.3) is 10.0 Å². The lowest BCUT2D eigenvalue weighted by molar-refractivity contribution is 0.601. The third-order valence-electron chi connectivity index (χ3n) is 3.66. The van der Waals surface area contributed by atoms with E-state index >= 15 is 0 Å². The summed E-state index contributed by atoms with van der Waals surface area (Å²) in [6.45, 7) is 4.76. The Kier molecular flexibility index (Phi) is 7.25. The molecule has 2 rings (SSSR count). The molecule has 0 spiro atoms. The number of nitrogens with one attached hydrogen (secondary N) is 3. The molecule has 0 radical (unpaired) electrons. The molecule has 0 aliphatic carbocycles. The van der Waals surface area contributed by atoms with Crippen molar-refractivity contribution in [1.82, 2.24) is 5.32 Å². The summed E-state index contributed by atoms with van der Waals surface area (Å²) in [5.41, 5.74) is 1.95. The van der Waals surface area contributed by atoms with Gasteiger partial charge in [-0.3, -0.25) is 4.72 Å². The first-order chi connectivity index (χ1) is 12.3. The Morgan fingerprint density at radius 3 is 2.65 bits per heavy atom. The second kappa shape index (κ2) is 9.21. The SMILES string of the molecule is CCCCNC(=S)Nc1cc(S(=O)(=O)Nc2cccc(Cl)c2)ccc1C. The van der Waals surface area contributed by atoms with Crippen LogP contribution in [0, 0.1) is 6.92 Å². The van der Waals surface area contributed by atoms with Crippen LogP contribution in [0.15, 0.2) is 47.4 Å². The van der Waals surface area contributed by atoms with Crippen molar-refractivity contribution in [1.29, 1.82) is 0 Å². The predicted octanol–water partition coefficient (Wildman–Crippen LogP) is 4.54. The van der Waals surface area contributed by atoms with Gasteiger partial charge < -0.3 is 10.6 Å². The number of unbranched alkanes of at least 4 members (excludes halogenated alkanes) is 1. The summed E-state index contributed by atoms with van der Waals surface area (Å²) in [7, 11) is -3.74. The molecule has 0 unspecified atom stereocenters. The minimum atomic E-state index is -3.74. The number of benzene rings is 2. The van der Waals surface area contributed by atoms with Gasteiger partial charge in [-0.2, -0.15) is 0 Å². The van der Waals surface area contributed by atoms with Crippen LogP contribution in [-0.4, -0.2) is 20.1 Å². The molecule has 8 heteroatoms. The van der Waals surface area contributed by atoms with E-state index in [9.17, 15) is 8.42 Å². The second-order valence-electron chi connectivity index (χ2n) is 5.83. The summed E-state index contributed by atoms with van der Waals surface area (Å²) in [6, 6.07) is 11.4. The van der Waals surface area contributed by atoms with Gasteiger partial charge in [-0.05, 0) is 61.5 Å². The van der Waals surface area contributed by atoms with Crippen molar-refractivity contribution in [2.45, 2.75) is 31.6 Å². The molecule has 2 aromatic rings. The standard InChI is InChI=1S/C18H22ClN3O2S2/c1-3-4-10-20-18(25)21-17-12-16(9-8-13(17)2)26(23,24)22-15-7-5-6-14(19)11-15/h5-9,11-12,22H,3-4,10H2,1-2H3,(H2,20,21,25). The lowest BCUT2D eigenvalue weighted by Crippen LogP contribution is -2.29. The van der Waals surface area contributed by atoms with E-state index in [1.165, 1.54) is 0 Å². The molecule has 5 nitrogen and oxygen atoms in total. The highest BCUT2D eigenvalue weighted by Crippen LogP contribution is 2.23. The van der Waals surface area contributed by atoms with Crippen molar-refractivity contribution in [3.63, 3.8) is 0 Å². The monoisotopic (exact) mass is 411 g/mol. The summed E-state index contributed by atoms with van der Waals surface area (Å²) in [5, 5.41) is 7.10. The Morgan fingerprint density at radius 2 is 1.96 bits per heavy atom. The Bertz CT molecular complexity index is 886. The van der Waals surface area contributed by atoms with Crippen molar-refractivity contribution in [2.75, 3.05) is 16.6 Å². The van der Waals surface area contributed by atoms with Gasteiger partial charge in [-0.1, -0.05) is 37.1 Å². The van der Waals surface area contributed by atoms with Gasteiger partial charge >= 0.3 is 0 Å². The largest absolute Gasteiger partial charge is 0.362 e. The summed E-state index contributed by atoms with van der Waals surface area (Å²) in [4.78, 5) is 0.141. The first-order valence-electron chi connectivity index (χ1n) is 8.25. The smallest absolute Gasteiger partial charge is 0.261 e. The minimum Gasteiger partial charge on any atom is -0.362 e. The quantitative estimate of drug-likeness (QED) is 0.461. The van der Waals surface area contributed by atoms with Gasteiger partial charge in [0.05, 0.1) is 10.6 Å². The van der Waals surface area contributed by atoms with E-state index in [0.717, 1.165) is 24.9 Å². The normalized spacial score (nSPS) is 11.0. The maximum Gasteiger partial charge on any atom is 0.261 e. The van der Waals surface area contributed by atoms with Crippen molar-refractivity contribution in [2.24, 2.45) is 0 Å². The predicted molar refractivity (Wildman–Crippen MR) is 113 cm³/mol. The zero-order valence-electron chi connectivity index (χ0n) is 14.7. The molecule has 0 aliphatic heterocycles. The molecule has 0 fully saturated rings. The molecule has 0 aliphatic rings. The molecule has 140 valence electrons. The van der Waals surface area contributed by atoms with E-state index < -0.39 is 10.0 Å². The Labute approximate surface area is 165 Å². The Hall–Kier alpha value is -1.83. The van der Waals surface area contributed by atoms with Crippen LogP contribution in [0.5, 0.6) is 0 Å². The molecule has 3 N–H and O–H groups in total. The number of thiocarbonyl (C=S) groups is 1. The van der Waals surface area contributed by atoms with E-state index in [-0.39, 0.29) is 4.90 Å². The molecule has 2 aromatic carbocycles. The number of hydrogen-bond donors (Lipinski definition) is 3. The fourth-order valence-electron chi connectivity index (χ4n) is 2.21. The molecule has 0 amide bonds. The van der Waals surface area contributed by atoms with E-state index in [4.69, 9.17) is 23.8 Å². The van der Waals surface area contributed by atoms with Gasteiger partial charge in [0.1, 0.15) is 0 Å². The topological polar surface area (TPSA) is 70.2 Å². The molecule has 0 bridgehead atoms. The van der Waals surface area contributed by atoms with E-state index in [1.54, 1.807) is 42.5 Å².